The third-order valence-electron chi connectivity index (χ3n) is 13.9. The lowest BCUT2D eigenvalue weighted by molar-refractivity contribution is -0.429. The minimum absolute atomic E-state index is 0.303. The molecule has 0 aromatic rings. The van der Waals surface area contributed by atoms with Crippen molar-refractivity contribution in [1.82, 2.24) is 5.32 Å². The summed E-state index contributed by atoms with van der Waals surface area (Å²) in [7, 11) is 0. The van der Waals surface area contributed by atoms with Gasteiger partial charge in [-0.25, -0.2) is 0 Å². The smallest absolute Gasteiger partial charge is 0.287 e. The van der Waals surface area contributed by atoms with Gasteiger partial charge in [0.25, 0.3) is 11.7 Å². The summed E-state index contributed by atoms with van der Waals surface area (Å²) in [6, 6.07) is 0. The van der Waals surface area contributed by atoms with Gasteiger partial charge in [0.2, 0.25) is 0 Å². The van der Waals surface area contributed by atoms with Crippen LogP contribution >= 0.6 is 0 Å². The van der Waals surface area contributed by atoms with Crippen molar-refractivity contribution in [3.8, 4) is 0 Å². The number of hydrogen-bond donors (Lipinski definition) is 2. The van der Waals surface area contributed by atoms with E-state index in [4.69, 9.17) is 18.9 Å². The largest absolute Gasteiger partial charge is 0.390 e. The van der Waals surface area contributed by atoms with E-state index in [-0.39, 0.29) is 6.61 Å². The third-order valence-corrected chi connectivity index (χ3v) is 13.9. The molecule has 6 heteroatoms. The molecule has 65 heavy (non-hydrogen) atoms. The summed E-state index contributed by atoms with van der Waals surface area (Å²) in [5.41, 5.74) is 0. The van der Waals surface area contributed by atoms with Crippen LogP contribution in [0.3, 0.4) is 0 Å². The molecule has 0 aromatic carbocycles. The van der Waals surface area contributed by atoms with Crippen LogP contribution in [0, 0.1) is 0 Å². The van der Waals surface area contributed by atoms with Crippen molar-refractivity contribution >= 4 is 0 Å². The summed E-state index contributed by atoms with van der Waals surface area (Å²) in [6.45, 7) is 14.1. The fraction of sp³-hybridized carbons (Fsp3) is 1.00. The summed E-state index contributed by atoms with van der Waals surface area (Å²) in [5.74, 6) is -2.81. The first-order valence-corrected chi connectivity index (χ1v) is 30.0. The average Bonchev–Trinajstić information content (AvgIpc) is 3.32. The lowest BCUT2D eigenvalue weighted by Gasteiger charge is -2.48. The predicted octanol–water partition coefficient (Wildman–Crippen LogP) is 19.0. The maximum atomic E-state index is 11.6. The van der Waals surface area contributed by atoms with Crippen LogP contribution in [0.25, 0.3) is 0 Å². The van der Waals surface area contributed by atoms with Gasteiger partial charge in [-0.3, -0.25) is 5.32 Å². The topological polar surface area (TPSA) is 69.2 Å². The van der Waals surface area contributed by atoms with E-state index >= 15 is 0 Å². The Kier molecular flexibility index (Phi) is 52.9. The van der Waals surface area contributed by atoms with Crippen molar-refractivity contribution in [1.29, 1.82) is 0 Å². The van der Waals surface area contributed by atoms with Gasteiger partial charge in [0, 0.05) is 6.54 Å². The number of aliphatic hydroxyl groups is 1. The van der Waals surface area contributed by atoms with Crippen LogP contribution < -0.4 is 5.32 Å². The first-order chi connectivity index (χ1) is 32.1. The van der Waals surface area contributed by atoms with Crippen molar-refractivity contribution in [2.75, 3.05) is 39.6 Å². The van der Waals surface area contributed by atoms with Crippen LogP contribution in [0.15, 0.2) is 0 Å². The van der Waals surface area contributed by atoms with Gasteiger partial charge < -0.3 is 24.1 Å². The third kappa shape index (κ3) is 40.2. The maximum absolute atomic E-state index is 11.6. The molecule has 6 nitrogen and oxygen atoms in total. The predicted molar refractivity (Wildman–Crippen MR) is 285 cm³/mol. The summed E-state index contributed by atoms with van der Waals surface area (Å²) in [6.07, 6.45) is 58.3. The van der Waals surface area contributed by atoms with E-state index < -0.39 is 11.7 Å². The van der Waals surface area contributed by atoms with Crippen molar-refractivity contribution in [2.45, 2.75) is 342 Å². The summed E-state index contributed by atoms with van der Waals surface area (Å²) in [4.78, 5) is 0. The van der Waals surface area contributed by atoms with Crippen LogP contribution in [0.1, 0.15) is 330 Å². The van der Waals surface area contributed by atoms with Crippen molar-refractivity contribution in [3.05, 3.63) is 0 Å². The second-order valence-electron chi connectivity index (χ2n) is 20.3. The van der Waals surface area contributed by atoms with Gasteiger partial charge in [-0.1, -0.05) is 298 Å². The highest BCUT2D eigenvalue weighted by molar-refractivity contribution is 4.89. The first-order valence-electron chi connectivity index (χ1n) is 30.0. The fourth-order valence-corrected chi connectivity index (χ4v) is 9.35. The van der Waals surface area contributed by atoms with Crippen molar-refractivity contribution in [2.24, 2.45) is 0 Å². The summed E-state index contributed by atoms with van der Waals surface area (Å²) in [5, 5.41) is 15.5. The molecule has 392 valence electrons. The second-order valence-corrected chi connectivity index (χ2v) is 20.3. The zero-order valence-corrected chi connectivity index (χ0v) is 45.3. The number of unbranched alkanes of at least 4 members (excludes halogenated alkanes) is 41. The Labute approximate surface area is 409 Å². The Hall–Kier alpha value is -0.240. The SMILES string of the molecule is CCCCCCCCCCCCOC(CO)(OCCCCCCCCCCCC)C(NCCCCCCCC)(OCCCCCCCCCCCC)OCCCCCCCCCCCC. The normalized spacial score (nSPS) is 12.3. The molecule has 0 radical (unpaired) electrons. The van der Waals surface area contributed by atoms with Gasteiger partial charge in [-0.05, 0) is 32.1 Å². The molecular formula is C59H121NO5. The molecule has 0 aliphatic heterocycles. The number of rotatable bonds is 58. The highest BCUT2D eigenvalue weighted by atomic mass is 16.8. The summed E-state index contributed by atoms with van der Waals surface area (Å²) >= 11 is 0. The zero-order valence-electron chi connectivity index (χ0n) is 45.3. The highest BCUT2D eigenvalue weighted by Gasteiger charge is 2.57. The standard InChI is InChI=1S/C59H121NO5/c1-6-11-16-21-26-30-34-38-43-48-53-62-58(57-61,63-54-49-44-39-35-31-27-22-17-12-7-2)59(60-52-47-42-25-20-15-10-5,64-55-50-45-40-36-32-28-23-18-13-8-3)65-56-51-46-41-37-33-29-24-19-14-9-4/h60-61H,6-57H2,1-5H3. The minimum Gasteiger partial charge on any atom is -0.390 e. The monoisotopic (exact) mass is 924 g/mol. The molecule has 0 spiro atoms. The molecule has 0 aliphatic rings. The Morgan fingerprint density at radius 3 is 0.692 bits per heavy atom. The molecule has 0 bridgehead atoms. The van der Waals surface area contributed by atoms with Crippen LogP contribution in [-0.4, -0.2) is 56.4 Å². The Morgan fingerprint density at radius 2 is 0.462 bits per heavy atom. The number of hydrogen-bond acceptors (Lipinski definition) is 6. The molecule has 2 N–H and O–H groups in total. The van der Waals surface area contributed by atoms with Gasteiger partial charge in [-0.15, -0.1) is 0 Å². The molecule has 0 aromatic heterocycles. The van der Waals surface area contributed by atoms with Crippen LogP contribution in [0.2, 0.25) is 0 Å². The van der Waals surface area contributed by atoms with E-state index in [0.29, 0.717) is 26.4 Å². The van der Waals surface area contributed by atoms with Gasteiger partial charge >= 0.3 is 0 Å². The summed E-state index contributed by atoms with van der Waals surface area (Å²) < 4.78 is 28.0. The average molecular weight is 925 g/mol. The molecule has 0 saturated carbocycles. The van der Waals surface area contributed by atoms with Crippen molar-refractivity contribution < 1.29 is 24.1 Å². The molecule has 0 amide bonds. The van der Waals surface area contributed by atoms with Crippen LogP contribution in [-0.2, 0) is 18.9 Å². The van der Waals surface area contributed by atoms with Gasteiger partial charge in [0.1, 0.15) is 6.61 Å². The van der Waals surface area contributed by atoms with E-state index in [2.05, 4.69) is 39.9 Å². The highest BCUT2D eigenvalue weighted by Crippen LogP contribution is 2.34. The lowest BCUT2D eigenvalue weighted by atomic mass is 10.1. The van der Waals surface area contributed by atoms with Crippen LogP contribution in [0.4, 0.5) is 0 Å². The van der Waals surface area contributed by atoms with E-state index in [0.717, 1.165) is 64.3 Å². The van der Waals surface area contributed by atoms with E-state index in [9.17, 15) is 5.11 Å². The molecule has 0 saturated heterocycles. The molecule has 0 aliphatic carbocycles. The van der Waals surface area contributed by atoms with Crippen molar-refractivity contribution in [3.63, 3.8) is 0 Å². The van der Waals surface area contributed by atoms with E-state index in [1.54, 1.807) is 0 Å². The Balaban J connectivity index is 6.06. The first kappa shape index (κ1) is 64.8. The van der Waals surface area contributed by atoms with Gasteiger partial charge in [0.15, 0.2) is 0 Å². The zero-order chi connectivity index (χ0) is 47.3. The van der Waals surface area contributed by atoms with E-state index in [1.165, 1.54) is 238 Å². The lowest BCUT2D eigenvalue weighted by Crippen LogP contribution is -2.70. The number of nitrogens with one attached hydrogen (secondary N) is 1. The van der Waals surface area contributed by atoms with Gasteiger partial charge in [0.05, 0.1) is 26.4 Å². The van der Waals surface area contributed by atoms with E-state index in [1.807, 2.05) is 0 Å². The second kappa shape index (κ2) is 53.1. The minimum atomic E-state index is -1.44. The fourth-order valence-electron chi connectivity index (χ4n) is 9.35. The van der Waals surface area contributed by atoms with Crippen LogP contribution in [0.5, 0.6) is 0 Å². The number of ether oxygens (including phenoxy) is 4. The molecule has 0 unspecified atom stereocenters. The quantitative estimate of drug-likeness (QED) is 0.0468. The molecule has 0 rings (SSSR count). The van der Waals surface area contributed by atoms with Gasteiger partial charge in [-0.2, -0.15) is 0 Å². The number of aliphatic hydroxyl groups excluding tert-OH is 1. The molecule has 0 atom stereocenters. The Bertz CT molecular complexity index is 820. The maximum Gasteiger partial charge on any atom is 0.287 e. The molecular weight excluding hydrogens is 803 g/mol. The molecule has 0 heterocycles. The Morgan fingerprint density at radius 1 is 0.262 bits per heavy atom. The molecule has 0 fully saturated rings.